The Balaban J connectivity index is 2.08. The highest BCUT2D eigenvalue weighted by molar-refractivity contribution is 5.67. The summed E-state index contributed by atoms with van der Waals surface area (Å²) in [6.45, 7) is 2.91. The molecule has 0 heterocycles. The van der Waals surface area contributed by atoms with Gasteiger partial charge in [-0.2, -0.15) is 0 Å². The molecule has 0 aliphatic rings. The van der Waals surface area contributed by atoms with E-state index in [-0.39, 0.29) is 11.5 Å². The largest absolute Gasteiger partial charge is 0.395 e. The van der Waals surface area contributed by atoms with Gasteiger partial charge in [0.2, 0.25) is 0 Å². The Labute approximate surface area is 113 Å². The van der Waals surface area contributed by atoms with E-state index in [1.807, 2.05) is 30.1 Å². The molecule has 2 N–H and O–H groups in total. The molecule has 0 amide bonds. The molecule has 2 rings (SSSR count). The molecular weight excluding hydrogens is 239 g/mol. The Morgan fingerprint density at radius 2 is 1.84 bits per heavy atom. The number of nitrogens with two attached hydrogens (primary N) is 1. The zero-order valence-electron chi connectivity index (χ0n) is 11.4. The molecule has 0 aliphatic heterocycles. The predicted molar refractivity (Wildman–Crippen MR) is 79.0 cm³/mol. The lowest BCUT2D eigenvalue weighted by Crippen LogP contribution is -2.22. The van der Waals surface area contributed by atoms with Gasteiger partial charge in [0.1, 0.15) is 5.82 Å². The van der Waals surface area contributed by atoms with E-state index in [0.29, 0.717) is 0 Å². The number of likely N-dealkylation sites (N-methyl/N-ethyl adjacent to an activating group) is 1. The standard InChI is InChI=1S/C16H19FN2/c1-12-6-3-4-7-13(12)10-11-19(2)15-9-5-8-14(17)16(15)18/h3-9H,10-11,18H2,1-2H3. The van der Waals surface area contributed by atoms with Crippen molar-refractivity contribution in [2.24, 2.45) is 0 Å². The zero-order valence-corrected chi connectivity index (χ0v) is 11.4. The smallest absolute Gasteiger partial charge is 0.148 e. The first-order chi connectivity index (χ1) is 9.09. The summed E-state index contributed by atoms with van der Waals surface area (Å²) in [6, 6.07) is 13.2. The first-order valence-electron chi connectivity index (χ1n) is 6.39. The Morgan fingerprint density at radius 1 is 1.11 bits per heavy atom. The van der Waals surface area contributed by atoms with Crippen LogP contribution in [-0.4, -0.2) is 13.6 Å². The lowest BCUT2D eigenvalue weighted by Gasteiger charge is -2.21. The summed E-state index contributed by atoms with van der Waals surface area (Å²) in [5.41, 5.74) is 9.32. The highest BCUT2D eigenvalue weighted by atomic mass is 19.1. The Bertz CT molecular complexity index is 566. The summed E-state index contributed by atoms with van der Waals surface area (Å²) >= 11 is 0. The van der Waals surface area contributed by atoms with Gasteiger partial charge in [-0.05, 0) is 36.6 Å². The Hall–Kier alpha value is -2.03. The van der Waals surface area contributed by atoms with E-state index >= 15 is 0 Å². The average molecular weight is 258 g/mol. The minimum atomic E-state index is -0.361. The molecule has 3 heteroatoms. The Kier molecular flexibility index (Phi) is 4.05. The normalized spacial score (nSPS) is 10.5. The van der Waals surface area contributed by atoms with Crippen LogP contribution >= 0.6 is 0 Å². The van der Waals surface area contributed by atoms with Crippen LogP contribution < -0.4 is 10.6 Å². The van der Waals surface area contributed by atoms with E-state index in [1.54, 1.807) is 6.07 Å². The van der Waals surface area contributed by atoms with Gasteiger partial charge in [0.05, 0.1) is 11.4 Å². The molecule has 100 valence electrons. The quantitative estimate of drug-likeness (QED) is 0.852. The average Bonchev–Trinajstić information content (AvgIpc) is 2.40. The molecule has 0 atom stereocenters. The molecule has 0 aromatic heterocycles. The van der Waals surface area contributed by atoms with Crippen LogP contribution in [0.2, 0.25) is 0 Å². The van der Waals surface area contributed by atoms with Gasteiger partial charge >= 0.3 is 0 Å². The molecular formula is C16H19FN2. The fraction of sp³-hybridized carbons (Fsp3) is 0.250. The van der Waals surface area contributed by atoms with Crippen LogP contribution in [0.3, 0.4) is 0 Å². The van der Waals surface area contributed by atoms with Gasteiger partial charge < -0.3 is 10.6 Å². The number of hydrogen-bond acceptors (Lipinski definition) is 2. The first kappa shape index (κ1) is 13.4. The molecule has 0 bridgehead atoms. The second kappa shape index (κ2) is 5.74. The third kappa shape index (κ3) is 3.05. The van der Waals surface area contributed by atoms with Crippen molar-refractivity contribution >= 4 is 11.4 Å². The molecule has 0 aliphatic carbocycles. The first-order valence-corrected chi connectivity index (χ1v) is 6.39. The molecule has 2 aromatic rings. The van der Waals surface area contributed by atoms with Crippen LogP contribution in [0.1, 0.15) is 11.1 Å². The number of hydrogen-bond donors (Lipinski definition) is 1. The van der Waals surface area contributed by atoms with E-state index in [2.05, 4.69) is 19.1 Å². The van der Waals surface area contributed by atoms with Crippen LogP contribution in [-0.2, 0) is 6.42 Å². The number of aryl methyl sites for hydroxylation is 1. The summed E-state index contributed by atoms with van der Waals surface area (Å²) in [7, 11) is 1.93. The number of rotatable bonds is 4. The highest BCUT2D eigenvalue weighted by Crippen LogP contribution is 2.24. The minimum absolute atomic E-state index is 0.217. The van der Waals surface area contributed by atoms with Crippen LogP contribution in [0.15, 0.2) is 42.5 Å². The fourth-order valence-corrected chi connectivity index (χ4v) is 2.16. The molecule has 0 spiro atoms. The van der Waals surface area contributed by atoms with Gasteiger partial charge in [0.25, 0.3) is 0 Å². The molecule has 0 saturated carbocycles. The van der Waals surface area contributed by atoms with Crippen molar-refractivity contribution in [3.8, 4) is 0 Å². The molecule has 0 radical (unpaired) electrons. The van der Waals surface area contributed by atoms with Gasteiger partial charge in [0.15, 0.2) is 0 Å². The van der Waals surface area contributed by atoms with Gasteiger partial charge in [-0.1, -0.05) is 30.3 Å². The maximum absolute atomic E-state index is 13.4. The summed E-state index contributed by atoms with van der Waals surface area (Å²) in [4.78, 5) is 1.99. The van der Waals surface area contributed by atoms with E-state index in [0.717, 1.165) is 18.7 Å². The van der Waals surface area contributed by atoms with Crippen molar-refractivity contribution in [2.45, 2.75) is 13.3 Å². The van der Waals surface area contributed by atoms with E-state index in [1.165, 1.54) is 17.2 Å². The van der Waals surface area contributed by atoms with Crippen LogP contribution in [0, 0.1) is 12.7 Å². The number of nitrogen functional groups attached to an aromatic ring is 1. The molecule has 0 fully saturated rings. The zero-order chi connectivity index (χ0) is 13.8. The fourth-order valence-electron chi connectivity index (χ4n) is 2.16. The lowest BCUT2D eigenvalue weighted by molar-refractivity contribution is 0.632. The highest BCUT2D eigenvalue weighted by Gasteiger charge is 2.09. The van der Waals surface area contributed by atoms with Crippen LogP contribution in [0.25, 0.3) is 0 Å². The molecule has 0 saturated heterocycles. The SMILES string of the molecule is Cc1ccccc1CCN(C)c1cccc(F)c1N. The lowest BCUT2D eigenvalue weighted by atomic mass is 10.1. The molecule has 2 nitrogen and oxygen atoms in total. The van der Waals surface area contributed by atoms with E-state index in [4.69, 9.17) is 5.73 Å². The summed E-state index contributed by atoms with van der Waals surface area (Å²) in [5, 5.41) is 0. The number of benzene rings is 2. The van der Waals surface area contributed by atoms with Crippen molar-refractivity contribution < 1.29 is 4.39 Å². The van der Waals surface area contributed by atoms with E-state index < -0.39 is 0 Å². The maximum Gasteiger partial charge on any atom is 0.148 e. The molecule has 0 unspecified atom stereocenters. The van der Waals surface area contributed by atoms with Gasteiger partial charge in [-0.15, -0.1) is 0 Å². The Morgan fingerprint density at radius 3 is 2.58 bits per heavy atom. The third-order valence-corrected chi connectivity index (χ3v) is 3.42. The molecule has 19 heavy (non-hydrogen) atoms. The maximum atomic E-state index is 13.4. The second-order valence-corrected chi connectivity index (χ2v) is 4.77. The van der Waals surface area contributed by atoms with Crippen molar-refractivity contribution in [3.63, 3.8) is 0 Å². The summed E-state index contributed by atoms with van der Waals surface area (Å²) < 4.78 is 13.4. The van der Waals surface area contributed by atoms with Crippen molar-refractivity contribution in [3.05, 3.63) is 59.4 Å². The van der Waals surface area contributed by atoms with E-state index in [9.17, 15) is 4.39 Å². The van der Waals surface area contributed by atoms with Crippen molar-refractivity contribution in [1.29, 1.82) is 0 Å². The summed E-state index contributed by atoms with van der Waals surface area (Å²) in [6.07, 6.45) is 0.916. The second-order valence-electron chi connectivity index (χ2n) is 4.77. The number of nitrogens with zero attached hydrogens (tertiary/aromatic N) is 1. The van der Waals surface area contributed by atoms with Gasteiger partial charge in [0, 0.05) is 13.6 Å². The van der Waals surface area contributed by atoms with Crippen LogP contribution in [0.5, 0.6) is 0 Å². The monoisotopic (exact) mass is 258 g/mol. The number of anilines is 2. The predicted octanol–water partition coefficient (Wildman–Crippen LogP) is 3.40. The topological polar surface area (TPSA) is 29.3 Å². The van der Waals surface area contributed by atoms with Gasteiger partial charge in [-0.3, -0.25) is 0 Å². The summed E-state index contributed by atoms with van der Waals surface area (Å²) in [5.74, 6) is -0.361. The number of halogens is 1. The van der Waals surface area contributed by atoms with Crippen LogP contribution in [0.4, 0.5) is 15.8 Å². The third-order valence-electron chi connectivity index (χ3n) is 3.42. The number of para-hydroxylation sites is 1. The molecule has 2 aromatic carbocycles. The van der Waals surface area contributed by atoms with Gasteiger partial charge in [-0.25, -0.2) is 4.39 Å². The van der Waals surface area contributed by atoms with Crippen molar-refractivity contribution in [2.75, 3.05) is 24.2 Å². The van der Waals surface area contributed by atoms with Crippen molar-refractivity contribution in [1.82, 2.24) is 0 Å². The minimum Gasteiger partial charge on any atom is -0.395 e.